The molecule has 0 amide bonds. The molecular formula is C17H21N7O2S. The number of hydrogen-bond donors (Lipinski definition) is 0. The molecule has 1 aliphatic heterocycles. The second-order valence-electron chi connectivity index (χ2n) is 6.43. The first-order valence-electron chi connectivity index (χ1n) is 8.74. The van der Waals surface area contributed by atoms with Crippen LogP contribution in [0.1, 0.15) is 10.6 Å². The van der Waals surface area contributed by atoms with E-state index in [2.05, 4.69) is 43.7 Å². The zero-order chi connectivity index (χ0) is 19.0. The van der Waals surface area contributed by atoms with E-state index in [4.69, 9.17) is 4.74 Å². The van der Waals surface area contributed by atoms with Crippen molar-refractivity contribution in [2.24, 2.45) is 0 Å². The number of hydrogen-bond acceptors (Lipinski definition) is 9. The standard InChI is InChI=1S/C17H21N7O2S/c1-11-12(2)27-17(21-11)23-6-4-22(5-7-23)15-13-8-20-24(9-14(25)26-3)16(13)19-10-18-15/h8,10H,4-7,9H2,1-3H3. The minimum Gasteiger partial charge on any atom is -0.468 e. The number of piperazine rings is 1. The molecule has 1 fully saturated rings. The average molecular weight is 387 g/mol. The van der Waals surface area contributed by atoms with E-state index in [1.807, 2.05) is 0 Å². The average Bonchev–Trinajstić information content (AvgIpc) is 3.25. The topological polar surface area (TPSA) is 89.3 Å². The van der Waals surface area contributed by atoms with Crippen molar-refractivity contribution in [1.82, 2.24) is 24.7 Å². The second kappa shape index (κ2) is 7.10. The molecule has 0 N–H and O–H groups in total. The molecule has 0 radical (unpaired) electrons. The van der Waals surface area contributed by atoms with Gasteiger partial charge in [-0.2, -0.15) is 5.10 Å². The summed E-state index contributed by atoms with van der Waals surface area (Å²) in [5.41, 5.74) is 1.74. The number of esters is 1. The monoisotopic (exact) mass is 387 g/mol. The first-order valence-corrected chi connectivity index (χ1v) is 9.55. The molecule has 9 nitrogen and oxygen atoms in total. The van der Waals surface area contributed by atoms with Crippen LogP contribution >= 0.6 is 11.3 Å². The summed E-state index contributed by atoms with van der Waals surface area (Å²) in [6, 6.07) is 0. The summed E-state index contributed by atoms with van der Waals surface area (Å²) < 4.78 is 6.26. The van der Waals surface area contributed by atoms with E-state index >= 15 is 0 Å². The van der Waals surface area contributed by atoms with Gasteiger partial charge in [0.15, 0.2) is 10.8 Å². The SMILES string of the molecule is COC(=O)Cn1ncc2c(N3CCN(c4nc(C)c(C)s4)CC3)ncnc21. The lowest BCUT2D eigenvalue weighted by Crippen LogP contribution is -2.46. The van der Waals surface area contributed by atoms with Gasteiger partial charge in [0.2, 0.25) is 0 Å². The Labute approximate surface area is 160 Å². The van der Waals surface area contributed by atoms with Gasteiger partial charge in [-0.05, 0) is 13.8 Å². The van der Waals surface area contributed by atoms with E-state index in [1.54, 1.807) is 22.2 Å². The molecule has 1 aliphatic rings. The van der Waals surface area contributed by atoms with Gasteiger partial charge in [-0.1, -0.05) is 0 Å². The van der Waals surface area contributed by atoms with Crippen LogP contribution in [0.4, 0.5) is 10.9 Å². The molecule has 3 aromatic heterocycles. The molecule has 4 rings (SSSR count). The fraction of sp³-hybridized carbons (Fsp3) is 0.471. The Hall–Kier alpha value is -2.75. The van der Waals surface area contributed by atoms with E-state index in [0.717, 1.165) is 48.2 Å². The fourth-order valence-electron chi connectivity index (χ4n) is 3.14. The molecule has 3 aromatic rings. The highest BCUT2D eigenvalue weighted by Crippen LogP contribution is 2.28. The molecule has 27 heavy (non-hydrogen) atoms. The largest absolute Gasteiger partial charge is 0.468 e. The lowest BCUT2D eigenvalue weighted by Gasteiger charge is -2.35. The maximum Gasteiger partial charge on any atom is 0.327 e. The minimum atomic E-state index is -0.359. The van der Waals surface area contributed by atoms with Crippen molar-refractivity contribution in [3.05, 3.63) is 23.1 Å². The fourth-order valence-corrected chi connectivity index (χ4v) is 4.10. The number of fused-ring (bicyclic) bond motifs is 1. The van der Waals surface area contributed by atoms with Gasteiger partial charge < -0.3 is 14.5 Å². The van der Waals surface area contributed by atoms with Crippen molar-refractivity contribution in [1.29, 1.82) is 0 Å². The van der Waals surface area contributed by atoms with Crippen molar-refractivity contribution in [3.8, 4) is 0 Å². The number of rotatable bonds is 4. The Morgan fingerprint density at radius 2 is 1.93 bits per heavy atom. The van der Waals surface area contributed by atoms with Crippen molar-refractivity contribution in [3.63, 3.8) is 0 Å². The van der Waals surface area contributed by atoms with Crippen LogP contribution < -0.4 is 9.80 Å². The van der Waals surface area contributed by atoms with Gasteiger partial charge in [0.25, 0.3) is 0 Å². The summed E-state index contributed by atoms with van der Waals surface area (Å²) in [5, 5.41) is 6.21. The molecule has 0 bridgehead atoms. The number of thiazole rings is 1. The zero-order valence-corrected chi connectivity index (χ0v) is 16.4. The van der Waals surface area contributed by atoms with Crippen LogP contribution in [0.15, 0.2) is 12.5 Å². The Morgan fingerprint density at radius 1 is 1.19 bits per heavy atom. The number of aryl methyl sites for hydroxylation is 2. The summed E-state index contributed by atoms with van der Waals surface area (Å²) in [5.74, 6) is 0.491. The molecular weight excluding hydrogens is 366 g/mol. The van der Waals surface area contributed by atoms with Gasteiger partial charge in [0.05, 0.1) is 24.4 Å². The summed E-state index contributed by atoms with van der Waals surface area (Å²) in [6.45, 7) is 7.64. The number of anilines is 2. The summed E-state index contributed by atoms with van der Waals surface area (Å²) in [4.78, 5) is 30.8. The Kier molecular flexibility index (Phi) is 4.65. The summed E-state index contributed by atoms with van der Waals surface area (Å²) >= 11 is 1.75. The molecule has 0 saturated carbocycles. The Balaban J connectivity index is 1.53. The van der Waals surface area contributed by atoms with Crippen LogP contribution in [0.25, 0.3) is 11.0 Å². The Bertz CT molecular complexity index is 955. The van der Waals surface area contributed by atoms with E-state index < -0.39 is 0 Å². The molecule has 10 heteroatoms. The lowest BCUT2D eigenvalue weighted by atomic mass is 10.3. The van der Waals surface area contributed by atoms with Crippen LogP contribution in [0, 0.1) is 13.8 Å². The normalized spacial score (nSPS) is 14.8. The molecule has 0 aromatic carbocycles. The minimum absolute atomic E-state index is 0.0347. The van der Waals surface area contributed by atoms with Crippen molar-refractivity contribution >= 4 is 39.3 Å². The summed E-state index contributed by atoms with van der Waals surface area (Å²) in [7, 11) is 1.36. The molecule has 1 saturated heterocycles. The first-order chi connectivity index (χ1) is 13.1. The molecule has 0 atom stereocenters. The molecule has 0 aliphatic carbocycles. The van der Waals surface area contributed by atoms with Gasteiger partial charge >= 0.3 is 5.97 Å². The van der Waals surface area contributed by atoms with Crippen LogP contribution in [0.2, 0.25) is 0 Å². The van der Waals surface area contributed by atoms with Gasteiger partial charge in [0.1, 0.15) is 18.7 Å². The predicted octanol–water partition coefficient (Wildman–Crippen LogP) is 1.40. The quantitative estimate of drug-likeness (QED) is 0.621. The third kappa shape index (κ3) is 3.32. The van der Waals surface area contributed by atoms with E-state index in [1.165, 1.54) is 18.3 Å². The maximum atomic E-state index is 11.6. The highest BCUT2D eigenvalue weighted by atomic mass is 32.1. The number of nitrogens with zero attached hydrogens (tertiary/aromatic N) is 7. The molecule has 142 valence electrons. The zero-order valence-electron chi connectivity index (χ0n) is 15.5. The highest BCUT2D eigenvalue weighted by molar-refractivity contribution is 7.15. The van der Waals surface area contributed by atoms with Crippen molar-refractivity contribution in [2.45, 2.75) is 20.4 Å². The van der Waals surface area contributed by atoms with Gasteiger partial charge in [-0.15, -0.1) is 11.3 Å². The highest BCUT2D eigenvalue weighted by Gasteiger charge is 2.23. The van der Waals surface area contributed by atoms with E-state index in [-0.39, 0.29) is 12.5 Å². The van der Waals surface area contributed by atoms with Crippen LogP contribution in [-0.4, -0.2) is 64.0 Å². The van der Waals surface area contributed by atoms with E-state index in [9.17, 15) is 4.79 Å². The molecule has 0 spiro atoms. The maximum absolute atomic E-state index is 11.6. The Morgan fingerprint density at radius 3 is 2.59 bits per heavy atom. The van der Waals surface area contributed by atoms with E-state index in [0.29, 0.717) is 5.65 Å². The second-order valence-corrected chi connectivity index (χ2v) is 7.61. The third-order valence-electron chi connectivity index (χ3n) is 4.79. The first kappa shape index (κ1) is 17.7. The van der Waals surface area contributed by atoms with Crippen molar-refractivity contribution in [2.75, 3.05) is 43.1 Å². The smallest absolute Gasteiger partial charge is 0.327 e. The van der Waals surface area contributed by atoms with Gasteiger partial charge in [-0.25, -0.2) is 19.6 Å². The predicted molar refractivity (Wildman–Crippen MR) is 103 cm³/mol. The summed E-state index contributed by atoms with van der Waals surface area (Å²) in [6.07, 6.45) is 3.24. The van der Waals surface area contributed by atoms with Crippen molar-refractivity contribution < 1.29 is 9.53 Å². The lowest BCUT2D eigenvalue weighted by molar-refractivity contribution is -0.141. The molecule has 0 unspecified atom stereocenters. The number of ether oxygens (including phenoxy) is 1. The third-order valence-corrected chi connectivity index (χ3v) is 5.92. The van der Waals surface area contributed by atoms with Gasteiger partial charge in [-0.3, -0.25) is 4.79 Å². The number of aromatic nitrogens is 5. The van der Waals surface area contributed by atoms with Gasteiger partial charge in [0, 0.05) is 31.1 Å². The van der Waals surface area contributed by atoms with Crippen LogP contribution in [-0.2, 0) is 16.1 Å². The van der Waals surface area contributed by atoms with Crippen LogP contribution in [0.5, 0.6) is 0 Å². The number of carbonyl (C=O) groups excluding carboxylic acids is 1. The number of carbonyl (C=O) groups is 1. The number of methoxy groups -OCH3 is 1. The van der Waals surface area contributed by atoms with Crippen LogP contribution in [0.3, 0.4) is 0 Å². The molecule has 4 heterocycles.